The van der Waals surface area contributed by atoms with Gasteiger partial charge in [0.05, 0.1) is 19.3 Å². The lowest BCUT2D eigenvalue weighted by molar-refractivity contribution is -0.0607. The van der Waals surface area contributed by atoms with Gasteiger partial charge in [0.2, 0.25) is 0 Å². The lowest BCUT2D eigenvalue weighted by Crippen LogP contribution is -2.34. The standard InChI is InChI=1S/C9H16O4/c1-5(2)13-7-4-12-8-6(10)3-11-9(7)8/h5-10H,3-4H2,1-2H3. The summed E-state index contributed by atoms with van der Waals surface area (Å²) in [6, 6.07) is 0. The van der Waals surface area contributed by atoms with Crippen molar-refractivity contribution in [3.63, 3.8) is 0 Å². The Balaban J connectivity index is 1.94. The first-order chi connectivity index (χ1) is 6.18. The molecule has 2 heterocycles. The molecule has 0 aliphatic carbocycles. The van der Waals surface area contributed by atoms with E-state index in [2.05, 4.69) is 0 Å². The Kier molecular flexibility index (Phi) is 2.55. The number of hydrogen-bond acceptors (Lipinski definition) is 4. The molecule has 0 aromatic rings. The molecule has 76 valence electrons. The Bertz CT molecular complexity index is 182. The van der Waals surface area contributed by atoms with Crippen LogP contribution in [0.2, 0.25) is 0 Å². The van der Waals surface area contributed by atoms with Crippen molar-refractivity contribution in [2.24, 2.45) is 0 Å². The molecule has 2 aliphatic heterocycles. The Labute approximate surface area is 77.8 Å². The maximum absolute atomic E-state index is 9.45. The van der Waals surface area contributed by atoms with Crippen molar-refractivity contribution < 1.29 is 19.3 Å². The number of aliphatic hydroxyl groups excluding tert-OH is 1. The summed E-state index contributed by atoms with van der Waals surface area (Å²) in [4.78, 5) is 0. The number of fused-ring (bicyclic) bond motifs is 1. The van der Waals surface area contributed by atoms with E-state index in [1.807, 2.05) is 13.8 Å². The summed E-state index contributed by atoms with van der Waals surface area (Å²) in [5, 5.41) is 9.45. The van der Waals surface area contributed by atoms with Crippen LogP contribution in [0.5, 0.6) is 0 Å². The van der Waals surface area contributed by atoms with Crippen LogP contribution in [0, 0.1) is 0 Å². The maximum Gasteiger partial charge on any atom is 0.115 e. The van der Waals surface area contributed by atoms with E-state index in [0.29, 0.717) is 13.2 Å². The van der Waals surface area contributed by atoms with E-state index in [-0.39, 0.29) is 24.4 Å². The molecule has 4 atom stereocenters. The minimum absolute atomic E-state index is 0.0119. The number of aliphatic hydroxyl groups is 1. The van der Waals surface area contributed by atoms with Crippen LogP contribution in [-0.2, 0) is 14.2 Å². The SMILES string of the molecule is CC(C)OC1COC2C(O)COC12. The third kappa shape index (κ3) is 1.72. The van der Waals surface area contributed by atoms with Crippen molar-refractivity contribution in [2.45, 2.75) is 44.4 Å². The quantitative estimate of drug-likeness (QED) is 0.659. The van der Waals surface area contributed by atoms with Gasteiger partial charge < -0.3 is 19.3 Å². The van der Waals surface area contributed by atoms with Crippen molar-refractivity contribution in [1.29, 1.82) is 0 Å². The average molecular weight is 188 g/mol. The molecule has 4 heteroatoms. The summed E-state index contributed by atoms with van der Waals surface area (Å²) in [5.74, 6) is 0. The predicted octanol–water partition coefficient (Wildman–Crippen LogP) is -0.0615. The minimum Gasteiger partial charge on any atom is -0.388 e. The van der Waals surface area contributed by atoms with E-state index >= 15 is 0 Å². The molecule has 4 unspecified atom stereocenters. The lowest BCUT2D eigenvalue weighted by atomic mass is 10.1. The van der Waals surface area contributed by atoms with Gasteiger partial charge in [0.15, 0.2) is 0 Å². The maximum atomic E-state index is 9.45. The minimum atomic E-state index is -0.481. The molecule has 2 fully saturated rings. The van der Waals surface area contributed by atoms with E-state index < -0.39 is 6.10 Å². The summed E-state index contributed by atoms with van der Waals surface area (Å²) < 4.78 is 16.4. The average Bonchev–Trinajstić information content (AvgIpc) is 2.56. The molecule has 4 nitrogen and oxygen atoms in total. The van der Waals surface area contributed by atoms with Crippen LogP contribution in [-0.4, -0.2) is 48.8 Å². The molecular weight excluding hydrogens is 172 g/mol. The van der Waals surface area contributed by atoms with Gasteiger partial charge in [-0.2, -0.15) is 0 Å². The van der Waals surface area contributed by atoms with E-state index in [1.165, 1.54) is 0 Å². The van der Waals surface area contributed by atoms with Gasteiger partial charge in [-0.1, -0.05) is 0 Å². The molecule has 0 amide bonds. The van der Waals surface area contributed by atoms with Crippen molar-refractivity contribution in [1.82, 2.24) is 0 Å². The summed E-state index contributed by atoms with van der Waals surface area (Å²) >= 11 is 0. The van der Waals surface area contributed by atoms with Gasteiger partial charge in [0.25, 0.3) is 0 Å². The van der Waals surface area contributed by atoms with Crippen molar-refractivity contribution >= 4 is 0 Å². The summed E-state index contributed by atoms with van der Waals surface area (Å²) in [7, 11) is 0. The zero-order valence-corrected chi connectivity index (χ0v) is 7.97. The first kappa shape index (κ1) is 9.40. The predicted molar refractivity (Wildman–Crippen MR) is 45.5 cm³/mol. The molecule has 13 heavy (non-hydrogen) atoms. The fourth-order valence-electron chi connectivity index (χ4n) is 1.91. The second kappa shape index (κ2) is 3.53. The highest BCUT2D eigenvalue weighted by molar-refractivity contribution is 4.95. The Morgan fingerprint density at radius 3 is 2.62 bits per heavy atom. The van der Waals surface area contributed by atoms with Crippen LogP contribution in [0.25, 0.3) is 0 Å². The monoisotopic (exact) mass is 188 g/mol. The Hall–Kier alpha value is -0.160. The van der Waals surface area contributed by atoms with E-state index in [9.17, 15) is 5.11 Å². The van der Waals surface area contributed by atoms with Crippen LogP contribution < -0.4 is 0 Å². The molecule has 0 aromatic carbocycles. The van der Waals surface area contributed by atoms with Gasteiger partial charge in [-0.15, -0.1) is 0 Å². The summed E-state index contributed by atoms with van der Waals surface area (Å²) in [6.45, 7) is 4.87. The molecule has 2 saturated heterocycles. The second-order valence-electron chi connectivity index (χ2n) is 3.89. The molecule has 0 spiro atoms. The van der Waals surface area contributed by atoms with E-state index in [4.69, 9.17) is 14.2 Å². The largest absolute Gasteiger partial charge is 0.388 e. The highest BCUT2D eigenvalue weighted by atomic mass is 16.6. The Morgan fingerprint density at radius 2 is 1.92 bits per heavy atom. The van der Waals surface area contributed by atoms with Gasteiger partial charge in [-0.05, 0) is 13.8 Å². The normalized spacial score (nSPS) is 44.3. The third-order valence-electron chi connectivity index (χ3n) is 2.43. The fourth-order valence-corrected chi connectivity index (χ4v) is 1.91. The zero-order chi connectivity index (χ0) is 9.42. The van der Waals surface area contributed by atoms with Crippen LogP contribution in [0.15, 0.2) is 0 Å². The molecule has 2 aliphatic rings. The first-order valence-electron chi connectivity index (χ1n) is 4.75. The smallest absolute Gasteiger partial charge is 0.115 e. The van der Waals surface area contributed by atoms with Crippen LogP contribution >= 0.6 is 0 Å². The van der Waals surface area contributed by atoms with Crippen LogP contribution in [0.3, 0.4) is 0 Å². The van der Waals surface area contributed by atoms with Gasteiger partial charge in [-0.3, -0.25) is 0 Å². The molecule has 2 rings (SSSR count). The van der Waals surface area contributed by atoms with Crippen molar-refractivity contribution in [3.05, 3.63) is 0 Å². The number of hydrogen-bond donors (Lipinski definition) is 1. The second-order valence-corrected chi connectivity index (χ2v) is 3.89. The molecule has 0 radical (unpaired) electrons. The molecule has 0 saturated carbocycles. The third-order valence-corrected chi connectivity index (χ3v) is 2.43. The molecule has 0 aromatic heterocycles. The molecule has 1 N–H and O–H groups in total. The van der Waals surface area contributed by atoms with Crippen LogP contribution in [0.1, 0.15) is 13.8 Å². The van der Waals surface area contributed by atoms with Gasteiger partial charge in [-0.25, -0.2) is 0 Å². The highest BCUT2D eigenvalue weighted by Crippen LogP contribution is 2.29. The Morgan fingerprint density at radius 1 is 1.23 bits per heavy atom. The lowest BCUT2D eigenvalue weighted by Gasteiger charge is -2.18. The van der Waals surface area contributed by atoms with Gasteiger partial charge in [0, 0.05) is 0 Å². The van der Waals surface area contributed by atoms with E-state index in [1.54, 1.807) is 0 Å². The summed E-state index contributed by atoms with van der Waals surface area (Å²) in [6.07, 6.45) is -0.567. The van der Waals surface area contributed by atoms with Gasteiger partial charge >= 0.3 is 0 Å². The van der Waals surface area contributed by atoms with Crippen molar-refractivity contribution in [2.75, 3.05) is 13.2 Å². The highest BCUT2D eigenvalue weighted by Gasteiger charge is 2.47. The number of ether oxygens (including phenoxy) is 3. The van der Waals surface area contributed by atoms with E-state index in [0.717, 1.165) is 0 Å². The first-order valence-corrected chi connectivity index (χ1v) is 4.75. The summed E-state index contributed by atoms with van der Waals surface area (Å²) in [5.41, 5.74) is 0. The zero-order valence-electron chi connectivity index (χ0n) is 7.97. The topological polar surface area (TPSA) is 47.9 Å². The fraction of sp³-hybridized carbons (Fsp3) is 1.00. The van der Waals surface area contributed by atoms with Crippen molar-refractivity contribution in [3.8, 4) is 0 Å². The number of rotatable bonds is 2. The van der Waals surface area contributed by atoms with Gasteiger partial charge in [0.1, 0.15) is 24.4 Å². The molecule has 0 bridgehead atoms. The molecular formula is C9H16O4. The van der Waals surface area contributed by atoms with Crippen LogP contribution in [0.4, 0.5) is 0 Å².